The molecule has 1 nitrogen and oxygen atoms in total. The summed E-state index contributed by atoms with van der Waals surface area (Å²) in [6.45, 7) is 5.52. The maximum atomic E-state index is 5.83. The molecule has 0 N–H and O–H groups in total. The molecule has 0 radical (unpaired) electrons. The van der Waals surface area contributed by atoms with Crippen LogP contribution in [0, 0.1) is 0 Å². The van der Waals surface area contributed by atoms with E-state index < -0.39 is 0 Å². The third-order valence-corrected chi connectivity index (χ3v) is 5.12. The fraction of sp³-hybridized carbons (Fsp3) is 0.444. The molecule has 0 fully saturated rings. The van der Waals surface area contributed by atoms with Gasteiger partial charge in [0.2, 0.25) is 0 Å². The number of rotatable bonds is 5. The minimum absolute atomic E-state index is 0.573. The third-order valence-electron chi connectivity index (χ3n) is 4.42. The number of para-hydroxylation sites is 1. The summed E-state index contributed by atoms with van der Waals surface area (Å²) in [5.74, 6) is 2.40. The van der Waals surface area contributed by atoms with Crippen LogP contribution in [0.15, 0.2) is 35.0 Å². The van der Waals surface area contributed by atoms with Gasteiger partial charge in [-0.25, -0.2) is 0 Å². The average Bonchev–Trinajstić information content (AvgIpc) is 3.13. The fourth-order valence-corrected chi connectivity index (χ4v) is 3.79. The van der Waals surface area contributed by atoms with E-state index in [1.165, 1.54) is 35.3 Å². The Morgan fingerprint density at radius 2 is 2.00 bits per heavy atom. The molecule has 2 atom stereocenters. The first-order valence-electron chi connectivity index (χ1n) is 7.52. The highest BCUT2D eigenvalue weighted by molar-refractivity contribution is 7.07. The second-order valence-corrected chi connectivity index (χ2v) is 6.65. The Kier molecular flexibility index (Phi) is 4.11. The average molecular weight is 286 g/mol. The monoisotopic (exact) mass is 286 g/mol. The molecular weight excluding hydrogens is 264 g/mol. The van der Waals surface area contributed by atoms with Crippen LogP contribution < -0.4 is 4.74 Å². The first kappa shape index (κ1) is 13.7. The summed E-state index contributed by atoms with van der Waals surface area (Å²) in [7, 11) is 0. The van der Waals surface area contributed by atoms with E-state index in [1.54, 1.807) is 11.3 Å². The number of hydrogen-bond donors (Lipinski definition) is 0. The van der Waals surface area contributed by atoms with Crippen LogP contribution in [-0.4, -0.2) is 6.61 Å². The smallest absolute Gasteiger partial charge is 0.126 e. The Morgan fingerprint density at radius 1 is 1.15 bits per heavy atom. The van der Waals surface area contributed by atoms with Crippen molar-refractivity contribution in [1.29, 1.82) is 0 Å². The van der Waals surface area contributed by atoms with Gasteiger partial charge < -0.3 is 4.74 Å². The zero-order chi connectivity index (χ0) is 13.9. The zero-order valence-electron chi connectivity index (χ0n) is 12.3. The maximum absolute atomic E-state index is 5.83. The van der Waals surface area contributed by atoms with Gasteiger partial charge >= 0.3 is 0 Å². The van der Waals surface area contributed by atoms with Gasteiger partial charge in [-0.2, -0.15) is 11.3 Å². The summed E-state index contributed by atoms with van der Waals surface area (Å²) in [4.78, 5) is 0. The molecule has 2 aromatic rings. The van der Waals surface area contributed by atoms with E-state index in [2.05, 4.69) is 48.9 Å². The molecule has 3 rings (SSSR count). The van der Waals surface area contributed by atoms with Gasteiger partial charge in [-0.05, 0) is 58.2 Å². The Morgan fingerprint density at radius 3 is 2.80 bits per heavy atom. The van der Waals surface area contributed by atoms with Gasteiger partial charge in [-0.1, -0.05) is 32.0 Å². The van der Waals surface area contributed by atoms with Crippen molar-refractivity contribution < 1.29 is 4.74 Å². The molecule has 1 aromatic carbocycles. The van der Waals surface area contributed by atoms with Crippen LogP contribution in [-0.2, 0) is 6.42 Å². The zero-order valence-corrected chi connectivity index (χ0v) is 13.1. The summed E-state index contributed by atoms with van der Waals surface area (Å²) in [5.41, 5.74) is 4.27. The molecule has 0 amide bonds. The second-order valence-electron chi connectivity index (χ2n) is 5.87. The van der Waals surface area contributed by atoms with E-state index in [1.807, 2.05) is 0 Å². The van der Waals surface area contributed by atoms with Gasteiger partial charge in [0, 0.05) is 6.42 Å². The van der Waals surface area contributed by atoms with Gasteiger partial charge in [-0.3, -0.25) is 0 Å². The summed E-state index contributed by atoms with van der Waals surface area (Å²) in [5, 5.41) is 4.45. The van der Waals surface area contributed by atoms with Crippen molar-refractivity contribution in [2.45, 2.75) is 44.9 Å². The predicted octanol–water partition coefficient (Wildman–Crippen LogP) is 5.37. The Bertz CT molecular complexity index is 559. The van der Waals surface area contributed by atoms with Crippen LogP contribution in [0.25, 0.3) is 0 Å². The Hall–Kier alpha value is -1.28. The van der Waals surface area contributed by atoms with Crippen molar-refractivity contribution >= 4 is 11.3 Å². The standard InChI is InChI=1S/C18H22OS/c1-13(16-9-11-20-12-16)6-7-14(2)17-5-3-4-15-8-10-19-18(15)17/h3-5,9,11-14H,6-8,10H2,1-2H3. The van der Waals surface area contributed by atoms with Gasteiger partial charge in [-0.15, -0.1) is 0 Å². The molecule has 2 heterocycles. The van der Waals surface area contributed by atoms with E-state index >= 15 is 0 Å². The van der Waals surface area contributed by atoms with Crippen molar-refractivity contribution in [2.24, 2.45) is 0 Å². The van der Waals surface area contributed by atoms with Crippen LogP contribution in [0.1, 0.15) is 55.2 Å². The van der Waals surface area contributed by atoms with Crippen LogP contribution in [0.4, 0.5) is 0 Å². The van der Waals surface area contributed by atoms with Crippen LogP contribution >= 0.6 is 11.3 Å². The molecule has 2 heteroatoms. The van der Waals surface area contributed by atoms with Gasteiger partial charge in [0.25, 0.3) is 0 Å². The number of benzene rings is 1. The molecule has 1 aliphatic heterocycles. The van der Waals surface area contributed by atoms with E-state index in [0.29, 0.717) is 11.8 Å². The number of ether oxygens (including phenoxy) is 1. The van der Waals surface area contributed by atoms with Crippen molar-refractivity contribution in [3.05, 3.63) is 51.7 Å². The SMILES string of the molecule is CC(CCC(C)c1cccc2c1OCC2)c1ccsc1. The van der Waals surface area contributed by atoms with Crippen LogP contribution in [0.3, 0.4) is 0 Å². The highest BCUT2D eigenvalue weighted by Gasteiger charge is 2.20. The lowest BCUT2D eigenvalue weighted by Crippen LogP contribution is -2.00. The summed E-state index contributed by atoms with van der Waals surface area (Å²) in [6, 6.07) is 8.88. The molecule has 2 unspecified atom stereocenters. The van der Waals surface area contributed by atoms with E-state index in [4.69, 9.17) is 4.74 Å². The molecule has 0 saturated carbocycles. The summed E-state index contributed by atoms with van der Waals surface area (Å²) >= 11 is 1.79. The van der Waals surface area contributed by atoms with Crippen molar-refractivity contribution in [2.75, 3.05) is 6.61 Å². The largest absolute Gasteiger partial charge is 0.493 e. The highest BCUT2D eigenvalue weighted by Crippen LogP contribution is 2.37. The molecule has 0 spiro atoms. The quantitative estimate of drug-likeness (QED) is 0.718. The summed E-state index contributed by atoms with van der Waals surface area (Å²) in [6.07, 6.45) is 3.53. The lowest BCUT2D eigenvalue weighted by Gasteiger charge is -2.17. The first-order chi connectivity index (χ1) is 9.75. The second kappa shape index (κ2) is 6.01. The molecular formula is C18H22OS. The number of fused-ring (bicyclic) bond motifs is 1. The molecule has 20 heavy (non-hydrogen) atoms. The lowest BCUT2D eigenvalue weighted by molar-refractivity contribution is 0.350. The minimum atomic E-state index is 0.573. The molecule has 0 aliphatic carbocycles. The third kappa shape index (κ3) is 2.76. The maximum Gasteiger partial charge on any atom is 0.126 e. The van der Waals surface area contributed by atoms with E-state index in [0.717, 1.165) is 13.0 Å². The first-order valence-corrected chi connectivity index (χ1v) is 8.46. The molecule has 0 bridgehead atoms. The van der Waals surface area contributed by atoms with E-state index in [9.17, 15) is 0 Å². The van der Waals surface area contributed by atoms with Gasteiger partial charge in [0.15, 0.2) is 0 Å². The Balaban J connectivity index is 1.65. The molecule has 106 valence electrons. The van der Waals surface area contributed by atoms with Crippen LogP contribution in [0.2, 0.25) is 0 Å². The van der Waals surface area contributed by atoms with Gasteiger partial charge in [0.1, 0.15) is 5.75 Å². The number of thiophene rings is 1. The summed E-state index contributed by atoms with van der Waals surface area (Å²) < 4.78 is 5.83. The molecule has 1 aromatic heterocycles. The molecule has 1 aliphatic rings. The minimum Gasteiger partial charge on any atom is -0.493 e. The fourth-order valence-electron chi connectivity index (χ4n) is 3.01. The van der Waals surface area contributed by atoms with Crippen LogP contribution in [0.5, 0.6) is 5.75 Å². The predicted molar refractivity (Wildman–Crippen MR) is 86.0 cm³/mol. The highest BCUT2D eigenvalue weighted by atomic mass is 32.1. The van der Waals surface area contributed by atoms with Crippen molar-refractivity contribution in [3.63, 3.8) is 0 Å². The normalized spacial score (nSPS) is 16.5. The number of hydrogen-bond acceptors (Lipinski definition) is 2. The lowest BCUT2D eigenvalue weighted by atomic mass is 9.89. The Labute approximate surface area is 125 Å². The topological polar surface area (TPSA) is 9.23 Å². The molecule has 0 saturated heterocycles. The van der Waals surface area contributed by atoms with Gasteiger partial charge in [0.05, 0.1) is 6.61 Å². The van der Waals surface area contributed by atoms with E-state index in [-0.39, 0.29) is 0 Å². The van der Waals surface area contributed by atoms with Crippen molar-refractivity contribution in [3.8, 4) is 5.75 Å². The van der Waals surface area contributed by atoms with Crippen molar-refractivity contribution in [1.82, 2.24) is 0 Å².